The molecule has 6 nitrogen and oxygen atoms in total. The highest BCUT2D eigenvalue weighted by atomic mass is 35.5. The molecule has 0 amide bonds. The quantitative estimate of drug-likeness (QED) is 0.716. The maximum absolute atomic E-state index is 12.2. The molecule has 2 aromatic carbocycles. The SMILES string of the molecule is C[C@H](CNS(=O)(=O)c1ccc(Cl)cc1)NS(=O)(=O)c1ccc(Cl)cc1. The first-order valence-electron chi connectivity index (χ1n) is 7.13. The Morgan fingerprint density at radius 1 is 0.800 bits per heavy atom. The maximum Gasteiger partial charge on any atom is 0.240 e. The van der Waals surface area contributed by atoms with E-state index in [1.807, 2.05) is 0 Å². The van der Waals surface area contributed by atoms with Gasteiger partial charge < -0.3 is 0 Å². The Bertz CT molecular complexity index is 929. The van der Waals surface area contributed by atoms with E-state index in [9.17, 15) is 16.8 Å². The summed E-state index contributed by atoms with van der Waals surface area (Å²) < 4.78 is 53.6. The molecule has 0 spiro atoms. The van der Waals surface area contributed by atoms with Gasteiger partial charge in [0.25, 0.3) is 0 Å². The van der Waals surface area contributed by atoms with Crippen molar-refractivity contribution in [1.82, 2.24) is 9.44 Å². The molecule has 0 aliphatic heterocycles. The van der Waals surface area contributed by atoms with E-state index < -0.39 is 26.1 Å². The fourth-order valence-electron chi connectivity index (χ4n) is 1.92. The lowest BCUT2D eigenvalue weighted by atomic mass is 10.4. The summed E-state index contributed by atoms with van der Waals surface area (Å²) >= 11 is 11.5. The van der Waals surface area contributed by atoms with Gasteiger partial charge in [0.05, 0.1) is 9.79 Å². The Labute approximate surface area is 157 Å². The van der Waals surface area contributed by atoms with Gasteiger partial charge in [0.1, 0.15) is 0 Å². The molecular weight excluding hydrogens is 407 g/mol. The van der Waals surface area contributed by atoms with E-state index in [-0.39, 0.29) is 16.3 Å². The van der Waals surface area contributed by atoms with Gasteiger partial charge in [0, 0.05) is 22.6 Å². The van der Waals surface area contributed by atoms with Gasteiger partial charge in [-0.1, -0.05) is 23.2 Å². The lowest BCUT2D eigenvalue weighted by Gasteiger charge is -2.15. The van der Waals surface area contributed by atoms with Crippen LogP contribution in [0, 0.1) is 0 Å². The smallest absolute Gasteiger partial charge is 0.210 e. The highest BCUT2D eigenvalue weighted by Crippen LogP contribution is 2.15. The first kappa shape index (κ1) is 20.2. The summed E-state index contributed by atoms with van der Waals surface area (Å²) in [6.07, 6.45) is 0. The van der Waals surface area contributed by atoms with Crippen LogP contribution in [-0.4, -0.2) is 29.4 Å². The summed E-state index contributed by atoms with van der Waals surface area (Å²) in [4.78, 5) is 0.0916. The zero-order chi connectivity index (χ0) is 18.7. The molecular formula is C15H16Cl2N2O4S2. The molecule has 0 fully saturated rings. The molecule has 2 rings (SSSR count). The van der Waals surface area contributed by atoms with Crippen molar-refractivity contribution in [2.45, 2.75) is 22.8 Å². The summed E-state index contributed by atoms with van der Waals surface area (Å²) in [5.74, 6) is 0. The average molecular weight is 423 g/mol. The third-order valence-corrected chi connectivity index (χ3v) is 6.73. The van der Waals surface area contributed by atoms with Gasteiger partial charge in [-0.25, -0.2) is 26.3 Å². The zero-order valence-corrected chi connectivity index (χ0v) is 16.3. The van der Waals surface area contributed by atoms with Crippen LogP contribution in [0.3, 0.4) is 0 Å². The fourth-order valence-corrected chi connectivity index (χ4v) is 4.55. The number of rotatable bonds is 7. The Kier molecular flexibility index (Phi) is 6.47. The van der Waals surface area contributed by atoms with E-state index in [2.05, 4.69) is 9.44 Å². The summed E-state index contributed by atoms with van der Waals surface area (Å²) in [6, 6.07) is 10.7. The summed E-state index contributed by atoms with van der Waals surface area (Å²) in [5.41, 5.74) is 0. The van der Waals surface area contributed by atoms with E-state index in [0.717, 1.165) is 0 Å². The third-order valence-electron chi connectivity index (χ3n) is 3.18. The van der Waals surface area contributed by atoms with Crippen LogP contribution in [0.2, 0.25) is 10.0 Å². The molecule has 25 heavy (non-hydrogen) atoms. The Hall–Kier alpha value is -1.16. The number of nitrogens with one attached hydrogen (secondary N) is 2. The maximum atomic E-state index is 12.2. The Morgan fingerprint density at radius 3 is 1.64 bits per heavy atom. The van der Waals surface area contributed by atoms with Crippen molar-refractivity contribution < 1.29 is 16.8 Å². The lowest BCUT2D eigenvalue weighted by Crippen LogP contribution is -2.41. The third kappa shape index (κ3) is 5.67. The standard InChI is InChI=1S/C15H16Cl2N2O4S2/c1-11(19-25(22,23)15-8-4-13(17)5-9-15)10-18-24(20,21)14-6-2-12(16)3-7-14/h2-9,11,18-19H,10H2,1H3/t11-/m1/s1. The molecule has 0 aromatic heterocycles. The van der Waals surface area contributed by atoms with Crippen LogP contribution in [0.15, 0.2) is 58.3 Å². The van der Waals surface area contributed by atoms with Crippen LogP contribution in [0.4, 0.5) is 0 Å². The summed E-state index contributed by atoms with van der Waals surface area (Å²) in [6.45, 7) is 1.44. The first-order chi connectivity index (χ1) is 11.6. The molecule has 0 saturated carbocycles. The molecule has 0 unspecified atom stereocenters. The second-order valence-corrected chi connectivity index (χ2v) is 9.64. The van der Waals surface area contributed by atoms with Gasteiger partial charge in [-0.3, -0.25) is 0 Å². The van der Waals surface area contributed by atoms with Crippen LogP contribution in [-0.2, 0) is 20.0 Å². The molecule has 2 N–H and O–H groups in total. The van der Waals surface area contributed by atoms with E-state index in [1.165, 1.54) is 48.5 Å². The van der Waals surface area contributed by atoms with Gasteiger partial charge in [-0.15, -0.1) is 0 Å². The van der Waals surface area contributed by atoms with Crippen molar-refractivity contribution in [2.75, 3.05) is 6.54 Å². The van der Waals surface area contributed by atoms with E-state index in [1.54, 1.807) is 6.92 Å². The molecule has 0 bridgehead atoms. The number of halogens is 2. The molecule has 0 heterocycles. The topological polar surface area (TPSA) is 92.3 Å². The van der Waals surface area contributed by atoms with Gasteiger partial charge >= 0.3 is 0 Å². The lowest BCUT2D eigenvalue weighted by molar-refractivity contribution is 0.545. The number of sulfonamides is 2. The normalized spacial score (nSPS) is 13.6. The molecule has 0 saturated heterocycles. The molecule has 0 aliphatic rings. The highest BCUT2D eigenvalue weighted by Gasteiger charge is 2.20. The fraction of sp³-hybridized carbons (Fsp3) is 0.200. The molecule has 0 aliphatic carbocycles. The van der Waals surface area contributed by atoms with Crippen LogP contribution in [0.5, 0.6) is 0 Å². The minimum atomic E-state index is -3.78. The summed E-state index contributed by atoms with van der Waals surface area (Å²) in [7, 11) is -7.53. The molecule has 136 valence electrons. The van der Waals surface area contributed by atoms with E-state index >= 15 is 0 Å². The molecule has 1 atom stereocenters. The largest absolute Gasteiger partial charge is 0.240 e. The van der Waals surface area contributed by atoms with Gasteiger partial charge in [0.15, 0.2) is 0 Å². The Morgan fingerprint density at radius 2 is 1.20 bits per heavy atom. The minimum absolute atomic E-state index is 0.0457. The van der Waals surface area contributed by atoms with Crippen molar-refractivity contribution >= 4 is 43.2 Å². The van der Waals surface area contributed by atoms with Crippen LogP contribution in [0.1, 0.15) is 6.92 Å². The van der Waals surface area contributed by atoms with Crippen LogP contribution < -0.4 is 9.44 Å². The average Bonchev–Trinajstić information content (AvgIpc) is 2.53. The van der Waals surface area contributed by atoms with Crippen molar-refractivity contribution in [3.8, 4) is 0 Å². The second kappa shape index (κ2) is 8.03. The number of hydrogen-bond acceptors (Lipinski definition) is 4. The van der Waals surface area contributed by atoms with Crippen molar-refractivity contribution in [2.24, 2.45) is 0 Å². The van der Waals surface area contributed by atoms with Gasteiger partial charge in [-0.2, -0.15) is 0 Å². The second-order valence-electron chi connectivity index (χ2n) is 5.28. The van der Waals surface area contributed by atoms with Crippen molar-refractivity contribution in [3.63, 3.8) is 0 Å². The molecule has 10 heteroatoms. The number of hydrogen-bond donors (Lipinski definition) is 2. The summed E-state index contributed by atoms with van der Waals surface area (Å²) in [5, 5.41) is 0.839. The van der Waals surface area contributed by atoms with Crippen LogP contribution in [0.25, 0.3) is 0 Å². The predicted octanol–water partition coefficient (Wildman–Crippen LogP) is 2.64. The number of benzene rings is 2. The van der Waals surface area contributed by atoms with E-state index in [0.29, 0.717) is 10.0 Å². The van der Waals surface area contributed by atoms with Gasteiger partial charge in [0.2, 0.25) is 20.0 Å². The molecule has 2 aromatic rings. The highest BCUT2D eigenvalue weighted by molar-refractivity contribution is 7.90. The molecule has 0 radical (unpaired) electrons. The Balaban J connectivity index is 2.01. The minimum Gasteiger partial charge on any atom is -0.210 e. The van der Waals surface area contributed by atoms with Crippen molar-refractivity contribution in [3.05, 3.63) is 58.6 Å². The van der Waals surface area contributed by atoms with Crippen LogP contribution >= 0.6 is 23.2 Å². The zero-order valence-electron chi connectivity index (χ0n) is 13.1. The monoisotopic (exact) mass is 422 g/mol. The van der Waals surface area contributed by atoms with Gasteiger partial charge in [-0.05, 0) is 55.5 Å². The predicted molar refractivity (Wildman–Crippen MR) is 97.9 cm³/mol. The first-order valence-corrected chi connectivity index (χ1v) is 10.9. The van der Waals surface area contributed by atoms with E-state index in [4.69, 9.17) is 23.2 Å². The van der Waals surface area contributed by atoms with Crippen molar-refractivity contribution in [1.29, 1.82) is 0 Å².